The van der Waals surface area contributed by atoms with Crippen LogP contribution in [-0.4, -0.2) is 33.5 Å². The number of nitrogens with one attached hydrogen (secondary N) is 1. The van der Waals surface area contributed by atoms with Crippen molar-refractivity contribution in [1.29, 1.82) is 0 Å². The second kappa shape index (κ2) is 11.0. The first kappa shape index (κ1) is 23.7. The number of hydrogen-bond donors (Lipinski definition) is 1. The third-order valence-electron chi connectivity index (χ3n) is 4.97. The van der Waals surface area contributed by atoms with Crippen molar-refractivity contribution in [2.75, 3.05) is 18.2 Å². The van der Waals surface area contributed by atoms with Gasteiger partial charge in [-0.05, 0) is 43.5 Å². The summed E-state index contributed by atoms with van der Waals surface area (Å²) in [6, 6.07) is 15.3. The molecule has 32 heavy (non-hydrogen) atoms. The van der Waals surface area contributed by atoms with Crippen LogP contribution in [0.5, 0.6) is 11.5 Å². The third kappa shape index (κ3) is 5.82. The highest BCUT2D eigenvalue weighted by molar-refractivity contribution is 7.99. The number of ether oxygens (including phenoxy) is 2. The highest BCUT2D eigenvalue weighted by atomic mass is 32.2. The summed E-state index contributed by atoms with van der Waals surface area (Å²) < 4.78 is 13.3. The van der Waals surface area contributed by atoms with Gasteiger partial charge in [-0.25, -0.2) is 0 Å². The van der Waals surface area contributed by atoms with Crippen LogP contribution < -0.4 is 14.8 Å². The molecule has 0 saturated carbocycles. The Morgan fingerprint density at radius 3 is 2.56 bits per heavy atom. The molecule has 3 rings (SSSR count). The molecule has 1 amide bonds. The molecule has 170 valence electrons. The summed E-state index contributed by atoms with van der Waals surface area (Å²) in [7, 11) is 1.62. The van der Waals surface area contributed by atoms with Gasteiger partial charge in [-0.3, -0.25) is 4.79 Å². The van der Waals surface area contributed by atoms with Crippen LogP contribution in [0, 0.1) is 0 Å². The molecule has 1 heterocycles. The highest BCUT2D eigenvalue weighted by Crippen LogP contribution is 2.27. The van der Waals surface area contributed by atoms with Gasteiger partial charge < -0.3 is 19.4 Å². The van der Waals surface area contributed by atoms with E-state index >= 15 is 0 Å². The molecule has 3 aromatic rings. The molecule has 7 nitrogen and oxygen atoms in total. The zero-order chi connectivity index (χ0) is 23.1. The second-order valence-corrected chi connectivity index (χ2v) is 8.55. The van der Waals surface area contributed by atoms with Gasteiger partial charge in [0.25, 0.3) is 0 Å². The molecule has 1 atom stereocenters. The molecule has 0 bridgehead atoms. The van der Waals surface area contributed by atoms with E-state index in [4.69, 9.17) is 9.47 Å². The molecule has 0 radical (unpaired) electrons. The number of carbonyl (C=O) groups excluding carboxylic acids is 1. The Balaban J connectivity index is 1.65. The quantitative estimate of drug-likeness (QED) is 0.419. The maximum Gasteiger partial charge on any atom is 0.234 e. The minimum Gasteiger partial charge on any atom is -0.497 e. The summed E-state index contributed by atoms with van der Waals surface area (Å²) in [6.45, 7) is 8.85. The van der Waals surface area contributed by atoms with Gasteiger partial charge in [0.2, 0.25) is 5.91 Å². The largest absolute Gasteiger partial charge is 0.497 e. The number of aromatic nitrogens is 3. The lowest BCUT2D eigenvalue weighted by Gasteiger charge is -2.16. The standard InChI is InChI=1S/C24H30N4O3S/c1-6-28-23(17(4)31-19-11-9-10-18(14-19)30-5)26-27-24(28)32-15-22(29)25-21-13-8-7-12-20(21)16(2)3/h7-14,16-17H,6,15H2,1-5H3,(H,25,29). The summed E-state index contributed by atoms with van der Waals surface area (Å²) in [5.74, 6) is 2.64. The Labute approximate surface area is 193 Å². The van der Waals surface area contributed by atoms with Gasteiger partial charge in [0.05, 0.1) is 12.9 Å². The normalized spacial score (nSPS) is 11.9. The number of thioether (sulfide) groups is 1. The van der Waals surface area contributed by atoms with Gasteiger partial charge in [-0.15, -0.1) is 10.2 Å². The van der Waals surface area contributed by atoms with Gasteiger partial charge >= 0.3 is 0 Å². The smallest absolute Gasteiger partial charge is 0.234 e. The van der Waals surface area contributed by atoms with E-state index in [2.05, 4.69) is 29.4 Å². The van der Waals surface area contributed by atoms with Gasteiger partial charge in [0.1, 0.15) is 11.5 Å². The summed E-state index contributed by atoms with van der Waals surface area (Å²) in [5.41, 5.74) is 1.97. The molecule has 1 aromatic heterocycles. The average Bonchev–Trinajstić information content (AvgIpc) is 3.21. The Kier molecular flexibility index (Phi) is 8.16. The molecule has 8 heteroatoms. The van der Waals surface area contributed by atoms with Crippen LogP contribution in [-0.2, 0) is 11.3 Å². The SMILES string of the molecule is CCn1c(SCC(=O)Nc2ccccc2C(C)C)nnc1C(C)Oc1cccc(OC)c1. The maximum atomic E-state index is 12.6. The minimum atomic E-state index is -0.310. The zero-order valence-corrected chi connectivity index (χ0v) is 20.0. The fraction of sp³-hybridized carbons (Fsp3) is 0.375. The lowest BCUT2D eigenvalue weighted by atomic mass is 10.0. The van der Waals surface area contributed by atoms with Gasteiger partial charge in [0.15, 0.2) is 17.1 Å². The summed E-state index contributed by atoms with van der Waals surface area (Å²) in [5, 5.41) is 12.3. The van der Waals surface area contributed by atoms with Crippen molar-refractivity contribution in [2.45, 2.75) is 51.4 Å². The highest BCUT2D eigenvalue weighted by Gasteiger charge is 2.20. The van der Waals surface area contributed by atoms with Crippen LogP contribution in [0.1, 0.15) is 51.1 Å². The zero-order valence-electron chi connectivity index (χ0n) is 19.2. The Morgan fingerprint density at radius 2 is 1.84 bits per heavy atom. The number of para-hydroxylation sites is 1. The van der Waals surface area contributed by atoms with E-state index in [-0.39, 0.29) is 17.8 Å². The van der Waals surface area contributed by atoms with Crippen LogP contribution >= 0.6 is 11.8 Å². The van der Waals surface area contributed by atoms with Gasteiger partial charge in [-0.2, -0.15) is 0 Å². The van der Waals surface area contributed by atoms with Crippen LogP contribution in [0.2, 0.25) is 0 Å². The molecule has 1 unspecified atom stereocenters. The first-order valence-electron chi connectivity index (χ1n) is 10.7. The van der Waals surface area contributed by atoms with E-state index in [9.17, 15) is 4.79 Å². The van der Waals surface area contributed by atoms with Crippen molar-refractivity contribution in [1.82, 2.24) is 14.8 Å². The number of methoxy groups -OCH3 is 1. The number of nitrogens with zero attached hydrogens (tertiary/aromatic N) is 3. The Bertz CT molecular complexity index is 1050. The fourth-order valence-corrected chi connectivity index (χ4v) is 4.18. The topological polar surface area (TPSA) is 78.3 Å². The number of benzene rings is 2. The van der Waals surface area contributed by atoms with Gasteiger partial charge in [-0.1, -0.05) is 49.9 Å². The van der Waals surface area contributed by atoms with E-state index in [1.54, 1.807) is 7.11 Å². The average molecular weight is 455 g/mol. The van der Waals surface area contributed by atoms with E-state index in [0.29, 0.717) is 29.2 Å². The number of carbonyl (C=O) groups is 1. The van der Waals surface area contributed by atoms with Crippen molar-refractivity contribution < 1.29 is 14.3 Å². The summed E-state index contributed by atoms with van der Waals surface area (Å²) >= 11 is 1.37. The third-order valence-corrected chi connectivity index (χ3v) is 5.94. The summed E-state index contributed by atoms with van der Waals surface area (Å²) in [4.78, 5) is 12.6. The van der Waals surface area contributed by atoms with E-state index in [0.717, 1.165) is 17.0 Å². The molecule has 0 aliphatic heterocycles. The fourth-order valence-electron chi connectivity index (χ4n) is 3.37. The molecule has 1 N–H and O–H groups in total. The van der Waals surface area contributed by atoms with E-state index in [1.165, 1.54) is 11.8 Å². The second-order valence-electron chi connectivity index (χ2n) is 7.60. The van der Waals surface area contributed by atoms with Crippen LogP contribution in [0.25, 0.3) is 0 Å². The number of amides is 1. The maximum absolute atomic E-state index is 12.6. The molecule has 0 fully saturated rings. The van der Waals surface area contributed by atoms with Crippen molar-refractivity contribution in [3.63, 3.8) is 0 Å². The monoisotopic (exact) mass is 454 g/mol. The molecule has 2 aromatic carbocycles. The van der Waals surface area contributed by atoms with Crippen LogP contribution in [0.4, 0.5) is 5.69 Å². The van der Waals surface area contributed by atoms with Gasteiger partial charge in [0, 0.05) is 18.3 Å². The molecular weight excluding hydrogens is 424 g/mol. The lowest BCUT2D eigenvalue weighted by Crippen LogP contribution is -2.16. The predicted octanol–water partition coefficient (Wildman–Crippen LogP) is 5.30. The predicted molar refractivity (Wildman–Crippen MR) is 128 cm³/mol. The van der Waals surface area contributed by atoms with Crippen LogP contribution in [0.15, 0.2) is 53.7 Å². The van der Waals surface area contributed by atoms with Crippen molar-refractivity contribution in [2.24, 2.45) is 0 Å². The molecular formula is C24H30N4O3S. The van der Waals surface area contributed by atoms with Crippen molar-refractivity contribution >= 4 is 23.4 Å². The van der Waals surface area contributed by atoms with Crippen molar-refractivity contribution in [3.8, 4) is 11.5 Å². The van der Waals surface area contributed by atoms with Crippen LogP contribution in [0.3, 0.4) is 0 Å². The minimum absolute atomic E-state index is 0.0732. The molecule has 0 saturated heterocycles. The first-order valence-corrected chi connectivity index (χ1v) is 11.7. The Morgan fingerprint density at radius 1 is 1.09 bits per heavy atom. The number of rotatable bonds is 10. The van der Waals surface area contributed by atoms with E-state index < -0.39 is 0 Å². The lowest BCUT2D eigenvalue weighted by molar-refractivity contribution is -0.113. The Hall–Kier alpha value is -3.00. The number of hydrogen-bond acceptors (Lipinski definition) is 6. The molecule has 0 spiro atoms. The number of anilines is 1. The van der Waals surface area contributed by atoms with Crippen molar-refractivity contribution in [3.05, 3.63) is 59.9 Å². The molecule has 0 aliphatic carbocycles. The summed E-state index contributed by atoms with van der Waals surface area (Å²) in [6.07, 6.45) is -0.310. The first-order chi connectivity index (χ1) is 15.4. The molecule has 0 aliphatic rings. The van der Waals surface area contributed by atoms with E-state index in [1.807, 2.05) is 66.9 Å².